The highest BCUT2D eigenvalue weighted by atomic mass is 16.4. The van der Waals surface area contributed by atoms with Crippen molar-refractivity contribution in [2.45, 2.75) is 39.3 Å². The van der Waals surface area contributed by atoms with Gasteiger partial charge in [-0.3, -0.25) is 4.79 Å². The van der Waals surface area contributed by atoms with Crippen LogP contribution in [0.5, 0.6) is 0 Å². The minimum absolute atomic E-state index is 0.219. The lowest BCUT2D eigenvalue weighted by Crippen LogP contribution is -2.63. The summed E-state index contributed by atoms with van der Waals surface area (Å²) in [7, 11) is 0. The first-order valence-corrected chi connectivity index (χ1v) is 6.32. The minimum Gasteiger partial charge on any atom is -0.480 e. The SMILES string of the molecule is CCN(C(=O)N1CCNC(=O)C1C)C(C)(C)C(=O)O. The summed E-state index contributed by atoms with van der Waals surface area (Å²) in [6.07, 6.45) is 0. The first-order valence-electron chi connectivity index (χ1n) is 6.32. The van der Waals surface area contributed by atoms with Gasteiger partial charge >= 0.3 is 12.0 Å². The largest absolute Gasteiger partial charge is 0.480 e. The standard InChI is InChI=1S/C12H21N3O4/c1-5-15(12(3,4)10(17)18)11(19)14-7-6-13-9(16)8(14)2/h8H,5-7H2,1-4H3,(H,13,16)(H,17,18). The number of likely N-dealkylation sites (N-methyl/N-ethyl adjacent to an activating group) is 1. The van der Waals surface area contributed by atoms with Crippen molar-refractivity contribution in [2.24, 2.45) is 0 Å². The molecular weight excluding hydrogens is 250 g/mol. The average Bonchev–Trinajstić information content (AvgIpc) is 2.32. The number of nitrogens with one attached hydrogen (secondary N) is 1. The summed E-state index contributed by atoms with van der Waals surface area (Å²) in [5.41, 5.74) is -1.31. The molecule has 19 heavy (non-hydrogen) atoms. The fourth-order valence-electron chi connectivity index (χ4n) is 2.08. The van der Waals surface area contributed by atoms with E-state index >= 15 is 0 Å². The van der Waals surface area contributed by atoms with Crippen molar-refractivity contribution in [1.82, 2.24) is 15.1 Å². The normalized spacial score (nSPS) is 19.9. The number of piperazine rings is 1. The van der Waals surface area contributed by atoms with E-state index in [1.165, 1.54) is 23.6 Å². The van der Waals surface area contributed by atoms with Crippen LogP contribution in [0.2, 0.25) is 0 Å². The maximum absolute atomic E-state index is 12.4. The molecular formula is C12H21N3O4. The Morgan fingerprint density at radius 3 is 2.58 bits per heavy atom. The third-order valence-electron chi connectivity index (χ3n) is 3.49. The van der Waals surface area contributed by atoms with Gasteiger partial charge in [-0.1, -0.05) is 0 Å². The van der Waals surface area contributed by atoms with Gasteiger partial charge in [0.15, 0.2) is 0 Å². The number of carboxylic acid groups (broad SMARTS) is 1. The third-order valence-corrected chi connectivity index (χ3v) is 3.49. The smallest absolute Gasteiger partial charge is 0.329 e. The molecule has 7 heteroatoms. The van der Waals surface area contributed by atoms with Gasteiger partial charge in [-0.2, -0.15) is 0 Å². The van der Waals surface area contributed by atoms with Crippen molar-refractivity contribution in [1.29, 1.82) is 0 Å². The molecule has 108 valence electrons. The van der Waals surface area contributed by atoms with Crippen LogP contribution in [-0.2, 0) is 9.59 Å². The van der Waals surface area contributed by atoms with Gasteiger partial charge in [0.25, 0.3) is 0 Å². The van der Waals surface area contributed by atoms with Crippen molar-refractivity contribution < 1.29 is 19.5 Å². The van der Waals surface area contributed by atoms with Crippen molar-refractivity contribution >= 4 is 17.9 Å². The first-order chi connectivity index (χ1) is 8.73. The molecule has 0 saturated carbocycles. The molecule has 0 aromatic heterocycles. The maximum atomic E-state index is 12.4. The van der Waals surface area contributed by atoms with Crippen LogP contribution < -0.4 is 5.32 Å². The molecule has 1 aliphatic rings. The summed E-state index contributed by atoms with van der Waals surface area (Å²) in [6, 6.07) is -1.00. The van der Waals surface area contributed by atoms with Gasteiger partial charge < -0.3 is 20.2 Å². The van der Waals surface area contributed by atoms with Gasteiger partial charge in [0.1, 0.15) is 11.6 Å². The van der Waals surface area contributed by atoms with Crippen LogP contribution in [0.15, 0.2) is 0 Å². The highest BCUT2D eigenvalue weighted by molar-refractivity contribution is 5.90. The number of rotatable bonds is 3. The number of carboxylic acids is 1. The van der Waals surface area contributed by atoms with Crippen LogP contribution in [0.1, 0.15) is 27.7 Å². The Labute approximate surface area is 112 Å². The molecule has 0 bridgehead atoms. The first kappa shape index (κ1) is 15.3. The lowest BCUT2D eigenvalue weighted by atomic mass is 10.0. The molecule has 0 radical (unpaired) electrons. The van der Waals surface area contributed by atoms with Gasteiger partial charge in [0.2, 0.25) is 5.91 Å². The monoisotopic (exact) mass is 271 g/mol. The number of hydrogen-bond donors (Lipinski definition) is 2. The Kier molecular flexibility index (Phi) is 4.39. The number of urea groups is 1. The van der Waals surface area contributed by atoms with Crippen molar-refractivity contribution in [3.8, 4) is 0 Å². The molecule has 1 fully saturated rings. The number of aliphatic carboxylic acids is 1. The summed E-state index contributed by atoms with van der Waals surface area (Å²) < 4.78 is 0. The second-order valence-corrected chi connectivity index (χ2v) is 5.05. The predicted octanol–water partition coefficient (Wildman–Crippen LogP) is 0.112. The van der Waals surface area contributed by atoms with Gasteiger partial charge in [-0.15, -0.1) is 0 Å². The molecule has 1 atom stereocenters. The maximum Gasteiger partial charge on any atom is 0.329 e. The summed E-state index contributed by atoms with van der Waals surface area (Å²) >= 11 is 0. The molecule has 1 unspecified atom stereocenters. The summed E-state index contributed by atoms with van der Waals surface area (Å²) in [6.45, 7) is 7.35. The van der Waals surface area contributed by atoms with Crippen molar-refractivity contribution in [3.63, 3.8) is 0 Å². The fraction of sp³-hybridized carbons (Fsp3) is 0.750. The van der Waals surface area contributed by atoms with E-state index in [1.54, 1.807) is 13.8 Å². The van der Waals surface area contributed by atoms with Crippen LogP contribution in [-0.4, -0.2) is 64.0 Å². The summed E-state index contributed by atoms with van der Waals surface area (Å²) in [5.74, 6) is -1.29. The second kappa shape index (κ2) is 5.46. The molecule has 1 heterocycles. The minimum atomic E-state index is -1.31. The van der Waals surface area contributed by atoms with E-state index in [4.69, 9.17) is 0 Å². The number of carbonyl (C=O) groups excluding carboxylic acids is 2. The van der Waals surface area contributed by atoms with E-state index in [0.717, 1.165) is 0 Å². The topological polar surface area (TPSA) is 90.0 Å². The van der Waals surface area contributed by atoms with Crippen molar-refractivity contribution in [3.05, 3.63) is 0 Å². The van der Waals surface area contributed by atoms with Gasteiger partial charge in [-0.25, -0.2) is 9.59 Å². The highest BCUT2D eigenvalue weighted by Gasteiger charge is 2.41. The quantitative estimate of drug-likeness (QED) is 0.762. The van der Waals surface area contributed by atoms with Crippen LogP contribution >= 0.6 is 0 Å². The van der Waals surface area contributed by atoms with E-state index in [-0.39, 0.29) is 12.5 Å². The number of nitrogens with zero attached hydrogens (tertiary/aromatic N) is 2. The van der Waals surface area contributed by atoms with E-state index in [2.05, 4.69) is 5.32 Å². The molecule has 2 N–H and O–H groups in total. The number of hydrogen-bond acceptors (Lipinski definition) is 3. The molecule has 0 aliphatic carbocycles. The highest BCUT2D eigenvalue weighted by Crippen LogP contribution is 2.19. The van der Waals surface area contributed by atoms with Crippen LogP contribution in [0.4, 0.5) is 4.79 Å². The summed E-state index contributed by atoms with van der Waals surface area (Å²) in [4.78, 5) is 37.9. The molecule has 7 nitrogen and oxygen atoms in total. The van der Waals surface area contributed by atoms with Crippen LogP contribution in [0, 0.1) is 0 Å². The Morgan fingerprint density at radius 1 is 1.53 bits per heavy atom. The molecule has 1 rings (SSSR count). The van der Waals surface area contributed by atoms with Gasteiger partial charge in [0.05, 0.1) is 0 Å². The summed E-state index contributed by atoms with van der Waals surface area (Å²) in [5, 5.41) is 11.9. The number of amides is 3. The molecule has 1 aliphatic heterocycles. The molecule has 3 amide bonds. The Bertz CT molecular complexity index is 394. The Hall–Kier alpha value is -1.79. The third kappa shape index (κ3) is 2.80. The Balaban J connectivity index is 2.96. The van der Waals surface area contributed by atoms with E-state index in [9.17, 15) is 19.5 Å². The fourth-order valence-corrected chi connectivity index (χ4v) is 2.08. The Morgan fingerprint density at radius 2 is 2.11 bits per heavy atom. The van der Waals surface area contributed by atoms with E-state index < -0.39 is 23.6 Å². The van der Waals surface area contributed by atoms with Gasteiger partial charge in [-0.05, 0) is 27.7 Å². The van der Waals surface area contributed by atoms with Gasteiger partial charge in [0, 0.05) is 19.6 Å². The molecule has 0 aromatic rings. The predicted molar refractivity (Wildman–Crippen MR) is 68.7 cm³/mol. The average molecular weight is 271 g/mol. The molecule has 0 aromatic carbocycles. The lowest BCUT2D eigenvalue weighted by molar-refractivity contribution is -0.147. The number of carbonyl (C=O) groups is 3. The lowest BCUT2D eigenvalue weighted by Gasteiger charge is -2.41. The van der Waals surface area contributed by atoms with E-state index in [0.29, 0.717) is 13.1 Å². The second-order valence-electron chi connectivity index (χ2n) is 5.05. The van der Waals surface area contributed by atoms with Crippen LogP contribution in [0.3, 0.4) is 0 Å². The molecule has 1 saturated heterocycles. The van der Waals surface area contributed by atoms with Crippen LogP contribution in [0.25, 0.3) is 0 Å². The van der Waals surface area contributed by atoms with E-state index in [1.807, 2.05) is 0 Å². The zero-order valence-corrected chi connectivity index (χ0v) is 11.8. The zero-order chi connectivity index (χ0) is 14.8. The zero-order valence-electron chi connectivity index (χ0n) is 11.8. The molecule has 0 spiro atoms. The van der Waals surface area contributed by atoms with Crippen molar-refractivity contribution in [2.75, 3.05) is 19.6 Å².